The first-order chi connectivity index (χ1) is 9.02. The van der Waals surface area contributed by atoms with E-state index in [-0.39, 0.29) is 5.78 Å². The number of aryl methyl sites for hydroxylation is 2. The predicted octanol–water partition coefficient (Wildman–Crippen LogP) is 3.13. The van der Waals surface area contributed by atoms with Crippen LogP contribution in [0, 0.1) is 13.8 Å². The molecule has 2 rings (SSSR count). The number of benzene rings is 2. The van der Waals surface area contributed by atoms with Crippen molar-refractivity contribution in [3.8, 4) is 5.75 Å². The number of rotatable bonds is 3. The van der Waals surface area contributed by atoms with E-state index in [0.717, 1.165) is 11.1 Å². The molecule has 0 aliphatic heterocycles. The number of hydrogen-bond donors (Lipinski definition) is 1. The van der Waals surface area contributed by atoms with Crippen molar-refractivity contribution in [3.63, 3.8) is 0 Å². The van der Waals surface area contributed by atoms with E-state index in [0.29, 0.717) is 22.6 Å². The van der Waals surface area contributed by atoms with Gasteiger partial charge in [-0.3, -0.25) is 4.79 Å². The summed E-state index contributed by atoms with van der Waals surface area (Å²) in [6.45, 7) is 3.93. The van der Waals surface area contributed by atoms with Crippen molar-refractivity contribution in [1.29, 1.82) is 0 Å². The minimum Gasteiger partial charge on any atom is -0.496 e. The molecule has 2 N–H and O–H groups in total. The highest BCUT2D eigenvalue weighted by atomic mass is 16.5. The van der Waals surface area contributed by atoms with Gasteiger partial charge in [0.1, 0.15) is 5.75 Å². The Labute approximate surface area is 113 Å². The highest BCUT2D eigenvalue weighted by Crippen LogP contribution is 2.25. The second-order valence-corrected chi connectivity index (χ2v) is 4.61. The molecule has 19 heavy (non-hydrogen) atoms. The summed E-state index contributed by atoms with van der Waals surface area (Å²) in [5.41, 5.74) is 9.56. The van der Waals surface area contributed by atoms with Crippen molar-refractivity contribution in [2.24, 2.45) is 0 Å². The van der Waals surface area contributed by atoms with Crippen molar-refractivity contribution in [3.05, 3.63) is 58.7 Å². The van der Waals surface area contributed by atoms with Gasteiger partial charge in [0, 0.05) is 11.3 Å². The Morgan fingerprint density at radius 1 is 1.05 bits per heavy atom. The number of hydrogen-bond acceptors (Lipinski definition) is 3. The molecule has 98 valence electrons. The van der Waals surface area contributed by atoms with Gasteiger partial charge in [0.25, 0.3) is 0 Å². The summed E-state index contributed by atoms with van der Waals surface area (Å²) in [5.74, 6) is 0.473. The summed E-state index contributed by atoms with van der Waals surface area (Å²) < 4.78 is 5.23. The molecule has 0 saturated heterocycles. The molecule has 0 bridgehead atoms. The van der Waals surface area contributed by atoms with Crippen LogP contribution < -0.4 is 10.5 Å². The third-order valence-corrected chi connectivity index (χ3v) is 3.09. The molecule has 3 heteroatoms. The first kappa shape index (κ1) is 13.1. The Morgan fingerprint density at radius 2 is 1.79 bits per heavy atom. The normalized spacial score (nSPS) is 10.3. The van der Waals surface area contributed by atoms with Crippen molar-refractivity contribution in [1.82, 2.24) is 0 Å². The van der Waals surface area contributed by atoms with Gasteiger partial charge >= 0.3 is 0 Å². The van der Waals surface area contributed by atoms with Crippen molar-refractivity contribution in [2.75, 3.05) is 12.8 Å². The molecular formula is C16H17NO2. The second-order valence-electron chi connectivity index (χ2n) is 4.61. The summed E-state index contributed by atoms with van der Waals surface area (Å²) in [6, 6.07) is 10.9. The molecule has 3 nitrogen and oxygen atoms in total. The number of nitrogen functional groups attached to an aromatic ring is 1. The maximum Gasteiger partial charge on any atom is 0.197 e. The average Bonchev–Trinajstić information content (AvgIpc) is 2.38. The standard InChI is InChI=1S/C16H17NO2/c1-10-4-6-13(11(2)8-10)16(18)14-9-12(17)5-7-15(14)19-3/h4-9H,17H2,1-3H3. The molecule has 0 aromatic heterocycles. The number of nitrogens with two attached hydrogens (primary N) is 1. The molecule has 0 radical (unpaired) electrons. The fraction of sp³-hybridized carbons (Fsp3) is 0.188. The number of ether oxygens (including phenoxy) is 1. The van der Waals surface area contributed by atoms with E-state index in [4.69, 9.17) is 10.5 Å². The lowest BCUT2D eigenvalue weighted by Gasteiger charge is -2.10. The van der Waals surface area contributed by atoms with Gasteiger partial charge in [0.05, 0.1) is 12.7 Å². The van der Waals surface area contributed by atoms with Gasteiger partial charge in [0.15, 0.2) is 5.78 Å². The van der Waals surface area contributed by atoms with E-state index < -0.39 is 0 Å². The van der Waals surface area contributed by atoms with Crippen LogP contribution in [0.4, 0.5) is 5.69 Å². The molecule has 0 aliphatic rings. The maximum absolute atomic E-state index is 12.6. The minimum atomic E-state index is -0.0679. The highest BCUT2D eigenvalue weighted by molar-refractivity contribution is 6.12. The molecule has 2 aromatic rings. The van der Waals surface area contributed by atoms with E-state index >= 15 is 0 Å². The molecule has 0 amide bonds. The van der Waals surface area contributed by atoms with Gasteiger partial charge in [-0.25, -0.2) is 0 Å². The number of anilines is 1. The molecule has 0 atom stereocenters. The topological polar surface area (TPSA) is 52.3 Å². The number of methoxy groups -OCH3 is 1. The Bertz CT molecular complexity index is 633. The molecule has 0 saturated carbocycles. The van der Waals surface area contributed by atoms with Gasteiger partial charge < -0.3 is 10.5 Å². The molecule has 0 heterocycles. The lowest BCUT2D eigenvalue weighted by molar-refractivity contribution is 0.103. The van der Waals surface area contributed by atoms with Crippen LogP contribution >= 0.6 is 0 Å². The van der Waals surface area contributed by atoms with Crippen LogP contribution in [0.3, 0.4) is 0 Å². The van der Waals surface area contributed by atoms with Crippen LogP contribution in [0.2, 0.25) is 0 Å². The van der Waals surface area contributed by atoms with Crippen LogP contribution in [0.15, 0.2) is 36.4 Å². The third kappa shape index (κ3) is 2.60. The quantitative estimate of drug-likeness (QED) is 0.677. The summed E-state index contributed by atoms with van der Waals surface area (Å²) in [5, 5.41) is 0. The zero-order valence-corrected chi connectivity index (χ0v) is 11.4. The lowest BCUT2D eigenvalue weighted by atomic mass is 9.97. The van der Waals surface area contributed by atoms with Gasteiger partial charge in [-0.1, -0.05) is 23.8 Å². The summed E-state index contributed by atoms with van der Waals surface area (Å²) in [4.78, 5) is 12.6. The van der Waals surface area contributed by atoms with Crippen molar-refractivity contribution >= 4 is 11.5 Å². The van der Waals surface area contributed by atoms with Crippen LogP contribution in [0.1, 0.15) is 27.0 Å². The van der Waals surface area contributed by atoms with Crippen molar-refractivity contribution < 1.29 is 9.53 Å². The Hall–Kier alpha value is -2.29. The second kappa shape index (κ2) is 5.14. The number of ketones is 1. The Kier molecular flexibility index (Phi) is 3.56. The van der Waals surface area contributed by atoms with Crippen molar-refractivity contribution in [2.45, 2.75) is 13.8 Å². The molecule has 0 unspecified atom stereocenters. The van der Waals surface area contributed by atoms with Crippen LogP contribution in [0.25, 0.3) is 0 Å². The van der Waals surface area contributed by atoms with Gasteiger partial charge in [0.2, 0.25) is 0 Å². The summed E-state index contributed by atoms with van der Waals surface area (Å²) in [7, 11) is 1.55. The van der Waals surface area contributed by atoms with Crippen LogP contribution in [-0.2, 0) is 0 Å². The Morgan fingerprint density at radius 3 is 2.42 bits per heavy atom. The smallest absolute Gasteiger partial charge is 0.197 e. The molecule has 2 aromatic carbocycles. The largest absolute Gasteiger partial charge is 0.496 e. The van der Waals surface area contributed by atoms with E-state index in [9.17, 15) is 4.79 Å². The zero-order valence-electron chi connectivity index (χ0n) is 11.4. The molecule has 0 spiro atoms. The van der Waals surface area contributed by atoms with Gasteiger partial charge in [-0.2, -0.15) is 0 Å². The minimum absolute atomic E-state index is 0.0679. The SMILES string of the molecule is COc1ccc(N)cc1C(=O)c1ccc(C)cc1C. The highest BCUT2D eigenvalue weighted by Gasteiger charge is 2.16. The van der Waals surface area contributed by atoms with Crippen LogP contribution in [-0.4, -0.2) is 12.9 Å². The average molecular weight is 255 g/mol. The monoisotopic (exact) mass is 255 g/mol. The zero-order chi connectivity index (χ0) is 14.0. The van der Waals surface area contributed by atoms with E-state index in [1.165, 1.54) is 0 Å². The number of carbonyl (C=O) groups excluding carboxylic acids is 1. The van der Waals surface area contributed by atoms with E-state index in [1.807, 2.05) is 32.0 Å². The van der Waals surface area contributed by atoms with E-state index in [1.54, 1.807) is 25.3 Å². The lowest BCUT2D eigenvalue weighted by Crippen LogP contribution is -2.07. The van der Waals surface area contributed by atoms with Gasteiger partial charge in [-0.15, -0.1) is 0 Å². The van der Waals surface area contributed by atoms with Crippen LogP contribution in [0.5, 0.6) is 5.75 Å². The molecule has 0 aliphatic carbocycles. The summed E-state index contributed by atoms with van der Waals surface area (Å²) >= 11 is 0. The number of carbonyl (C=O) groups is 1. The first-order valence-corrected chi connectivity index (χ1v) is 6.08. The molecule has 0 fully saturated rings. The maximum atomic E-state index is 12.6. The Balaban J connectivity index is 2.52. The fourth-order valence-corrected chi connectivity index (χ4v) is 2.12. The van der Waals surface area contributed by atoms with Gasteiger partial charge in [-0.05, 0) is 37.6 Å². The van der Waals surface area contributed by atoms with E-state index in [2.05, 4.69) is 0 Å². The first-order valence-electron chi connectivity index (χ1n) is 6.08. The summed E-state index contributed by atoms with van der Waals surface area (Å²) in [6.07, 6.45) is 0. The fourth-order valence-electron chi connectivity index (χ4n) is 2.12. The predicted molar refractivity (Wildman–Crippen MR) is 76.8 cm³/mol. The third-order valence-electron chi connectivity index (χ3n) is 3.09. The molecular weight excluding hydrogens is 238 g/mol.